The fourth-order valence-corrected chi connectivity index (χ4v) is 5.75. The van der Waals surface area contributed by atoms with Crippen molar-refractivity contribution < 1.29 is 14.3 Å². The first-order chi connectivity index (χ1) is 17.1. The lowest BCUT2D eigenvalue weighted by atomic mass is 9.97. The summed E-state index contributed by atoms with van der Waals surface area (Å²) in [5.74, 6) is 0.463. The van der Waals surface area contributed by atoms with Crippen LogP contribution in [0.15, 0.2) is 35.7 Å². The monoisotopic (exact) mass is 508 g/mol. The quantitative estimate of drug-likeness (QED) is 0.411. The minimum Gasteiger partial charge on any atom is -0.496 e. The fourth-order valence-electron chi connectivity index (χ4n) is 4.10. The number of likely N-dealkylation sites (tertiary alicyclic amines) is 1. The Balaban J connectivity index is 1.22. The van der Waals surface area contributed by atoms with Crippen molar-refractivity contribution in [1.29, 1.82) is 0 Å². The van der Waals surface area contributed by atoms with Crippen molar-refractivity contribution in [2.75, 3.05) is 25.5 Å². The average Bonchev–Trinajstić information content (AvgIpc) is 3.58. The second-order valence-electron chi connectivity index (χ2n) is 8.17. The Morgan fingerprint density at radius 2 is 1.94 bits per heavy atom. The molecule has 1 fully saturated rings. The molecule has 0 aliphatic carbocycles. The van der Waals surface area contributed by atoms with Gasteiger partial charge >= 0.3 is 0 Å². The van der Waals surface area contributed by atoms with Gasteiger partial charge in [-0.05, 0) is 31.4 Å². The molecule has 4 aromatic rings. The highest BCUT2D eigenvalue weighted by Gasteiger charge is 2.28. The van der Waals surface area contributed by atoms with Gasteiger partial charge in [-0.15, -0.1) is 21.5 Å². The molecule has 0 atom stereocenters. The van der Waals surface area contributed by atoms with Gasteiger partial charge in [-0.2, -0.15) is 0 Å². The number of methoxy groups -OCH3 is 1. The Kier molecular flexibility index (Phi) is 6.69. The molecule has 9 nitrogen and oxygen atoms in total. The molecule has 1 aromatic carbocycles. The predicted octanol–water partition coefficient (Wildman–Crippen LogP) is 4.39. The maximum Gasteiger partial charge on any atom is 0.276 e. The standard InChI is InChI=1S/C24H24N6O3S2/c1-3-20-28-29-24(35-20)27-21(31)18-13-34-22(26-18)14-8-10-30(11-9-14)23(32)17-12-19(33-2)15-6-4-5-7-16(15)25-17/h4-7,12-14H,3,8-11H2,1-2H3,(H,27,29,31). The summed E-state index contributed by atoms with van der Waals surface area (Å²) in [6.07, 6.45) is 2.34. The van der Waals surface area contributed by atoms with Gasteiger partial charge in [0, 0.05) is 35.8 Å². The number of piperidine rings is 1. The number of para-hydroxylation sites is 1. The smallest absolute Gasteiger partial charge is 0.276 e. The number of aryl methyl sites for hydroxylation is 1. The second-order valence-corrected chi connectivity index (χ2v) is 10.1. The van der Waals surface area contributed by atoms with Gasteiger partial charge in [-0.3, -0.25) is 14.9 Å². The van der Waals surface area contributed by atoms with E-state index in [4.69, 9.17) is 4.74 Å². The summed E-state index contributed by atoms with van der Waals surface area (Å²) in [7, 11) is 1.60. The third-order valence-corrected chi connectivity index (χ3v) is 7.98. The van der Waals surface area contributed by atoms with Crippen molar-refractivity contribution in [2.24, 2.45) is 0 Å². The van der Waals surface area contributed by atoms with E-state index in [0.29, 0.717) is 35.4 Å². The number of aromatic nitrogens is 4. The predicted molar refractivity (Wildman–Crippen MR) is 136 cm³/mol. The number of anilines is 1. The maximum absolute atomic E-state index is 13.2. The highest BCUT2D eigenvalue weighted by atomic mass is 32.1. The van der Waals surface area contributed by atoms with E-state index in [-0.39, 0.29) is 17.7 Å². The highest BCUT2D eigenvalue weighted by Crippen LogP contribution is 2.32. The number of hydrogen-bond donors (Lipinski definition) is 1. The lowest BCUT2D eigenvalue weighted by Gasteiger charge is -2.31. The minimum absolute atomic E-state index is 0.102. The lowest BCUT2D eigenvalue weighted by Crippen LogP contribution is -2.38. The Morgan fingerprint density at radius 1 is 1.14 bits per heavy atom. The molecule has 2 amide bonds. The first kappa shape index (κ1) is 23.3. The van der Waals surface area contributed by atoms with Gasteiger partial charge in [0.15, 0.2) is 0 Å². The molecule has 11 heteroatoms. The molecule has 1 N–H and O–H groups in total. The molecule has 0 bridgehead atoms. The van der Waals surface area contributed by atoms with Crippen LogP contribution in [0.5, 0.6) is 5.75 Å². The Labute approximate surface area is 210 Å². The molecule has 4 heterocycles. The number of benzene rings is 1. The van der Waals surface area contributed by atoms with Crippen molar-refractivity contribution in [3.05, 3.63) is 57.1 Å². The van der Waals surface area contributed by atoms with Crippen molar-refractivity contribution in [2.45, 2.75) is 32.1 Å². The molecule has 180 valence electrons. The van der Waals surface area contributed by atoms with Crippen molar-refractivity contribution in [1.82, 2.24) is 25.1 Å². The van der Waals surface area contributed by atoms with Crippen LogP contribution >= 0.6 is 22.7 Å². The van der Waals surface area contributed by atoms with Gasteiger partial charge < -0.3 is 9.64 Å². The van der Waals surface area contributed by atoms with E-state index in [0.717, 1.165) is 40.2 Å². The number of fused-ring (bicyclic) bond motifs is 1. The zero-order valence-corrected chi connectivity index (χ0v) is 21.0. The maximum atomic E-state index is 13.2. The van der Waals surface area contributed by atoms with Crippen LogP contribution in [0.3, 0.4) is 0 Å². The molecule has 1 saturated heterocycles. The van der Waals surface area contributed by atoms with E-state index >= 15 is 0 Å². The van der Waals surface area contributed by atoms with Crippen LogP contribution < -0.4 is 10.1 Å². The number of carbonyl (C=O) groups is 2. The average molecular weight is 509 g/mol. The number of thiazole rings is 1. The van der Waals surface area contributed by atoms with Crippen LogP contribution in [0.25, 0.3) is 10.9 Å². The van der Waals surface area contributed by atoms with Crippen LogP contribution in [0.2, 0.25) is 0 Å². The summed E-state index contributed by atoms with van der Waals surface area (Å²) in [5, 5.41) is 15.7. The largest absolute Gasteiger partial charge is 0.496 e. The van der Waals surface area contributed by atoms with Gasteiger partial charge in [0.2, 0.25) is 5.13 Å². The number of nitrogens with one attached hydrogen (secondary N) is 1. The van der Waals surface area contributed by atoms with Crippen molar-refractivity contribution in [3.63, 3.8) is 0 Å². The van der Waals surface area contributed by atoms with Gasteiger partial charge in [-0.1, -0.05) is 30.4 Å². The van der Waals surface area contributed by atoms with Gasteiger partial charge in [-0.25, -0.2) is 9.97 Å². The van der Waals surface area contributed by atoms with Crippen molar-refractivity contribution >= 4 is 50.5 Å². The Hall–Kier alpha value is -3.44. The summed E-state index contributed by atoms with van der Waals surface area (Å²) in [5.41, 5.74) is 1.50. The van der Waals surface area contributed by atoms with E-state index in [1.165, 1.54) is 22.7 Å². The Morgan fingerprint density at radius 3 is 2.69 bits per heavy atom. The number of nitrogens with zero attached hydrogens (tertiary/aromatic N) is 5. The minimum atomic E-state index is -0.282. The SMILES string of the molecule is CCc1nnc(NC(=O)c2csc(C3CCN(C(=O)c4cc(OC)c5ccccc5n4)CC3)n2)s1. The lowest BCUT2D eigenvalue weighted by molar-refractivity contribution is 0.0707. The van der Waals surface area contributed by atoms with Crippen LogP contribution in [-0.2, 0) is 6.42 Å². The molecule has 3 aromatic heterocycles. The Bertz CT molecular complexity index is 1380. The number of ether oxygens (including phenoxy) is 1. The zero-order valence-electron chi connectivity index (χ0n) is 19.4. The third kappa shape index (κ3) is 4.87. The molecule has 35 heavy (non-hydrogen) atoms. The third-order valence-electron chi connectivity index (χ3n) is 5.99. The number of pyridine rings is 1. The van der Waals surface area contributed by atoms with Crippen molar-refractivity contribution in [3.8, 4) is 5.75 Å². The normalized spacial score (nSPS) is 14.3. The number of hydrogen-bond acceptors (Lipinski definition) is 9. The first-order valence-corrected chi connectivity index (χ1v) is 13.1. The molecular formula is C24H24N6O3S2. The summed E-state index contributed by atoms with van der Waals surface area (Å²) < 4.78 is 5.49. The van der Waals surface area contributed by atoms with Crippen LogP contribution in [0, 0.1) is 0 Å². The molecule has 1 aliphatic heterocycles. The molecule has 0 radical (unpaired) electrons. The number of amides is 2. The molecule has 0 saturated carbocycles. The van der Waals surface area contributed by atoms with E-state index in [1.54, 1.807) is 18.6 Å². The molecule has 5 rings (SSSR count). The van der Waals surface area contributed by atoms with Crippen LogP contribution in [0.4, 0.5) is 5.13 Å². The van der Waals surface area contributed by atoms with Crippen LogP contribution in [-0.4, -0.2) is 57.1 Å². The van der Waals surface area contributed by atoms with E-state index < -0.39 is 0 Å². The summed E-state index contributed by atoms with van der Waals surface area (Å²) >= 11 is 2.85. The van der Waals surface area contributed by atoms with E-state index in [2.05, 4.69) is 25.5 Å². The molecule has 0 unspecified atom stereocenters. The second kappa shape index (κ2) is 10.0. The van der Waals surface area contributed by atoms with Gasteiger partial charge in [0.25, 0.3) is 11.8 Å². The molecular weight excluding hydrogens is 484 g/mol. The number of rotatable bonds is 6. The fraction of sp³-hybridized carbons (Fsp3) is 0.333. The summed E-state index contributed by atoms with van der Waals surface area (Å²) in [6.45, 7) is 3.20. The molecule has 1 aliphatic rings. The van der Waals surface area contributed by atoms with Gasteiger partial charge in [0.05, 0.1) is 17.6 Å². The first-order valence-electron chi connectivity index (χ1n) is 11.4. The molecule has 0 spiro atoms. The summed E-state index contributed by atoms with van der Waals surface area (Å²) in [4.78, 5) is 36.7. The topological polar surface area (TPSA) is 110 Å². The summed E-state index contributed by atoms with van der Waals surface area (Å²) in [6, 6.07) is 9.34. The van der Waals surface area contributed by atoms with E-state index in [1.807, 2.05) is 36.1 Å². The van der Waals surface area contributed by atoms with E-state index in [9.17, 15) is 9.59 Å². The van der Waals surface area contributed by atoms with Crippen LogP contribution in [0.1, 0.15) is 56.7 Å². The zero-order chi connectivity index (χ0) is 24.4. The number of carbonyl (C=O) groups excluding carboxylic acids is 2. The highest BCUT2D eigenvalue weighted by molar-refractivity contribution is 7.15. The van der Waals surface area contributed by atoms with Gasteiger partial charge in [0.1, 0.15) is 22.1 Å².